The summed E-state index contributed by atoms with van der Waals surface area (Å²) in [5.41, 5.74) is 0. The van der Waals surface area contributed by atoms with Gasteiger partial charge in [-0.2, -0.15) is 0 Å². The molecule has 1 fully saturated rings. The smallest absolute Gasteiger partial charge is 0.0809 e. The van der Waals surface area contributed by atoms with Crippen molar-refractivity contribution in [1.82, 2.24) is 0 Å². The SMILES string of the molecule is CCCCCCC1COCCO1. The van der Waals surface area contributed by atoms with Crippen LogP contribution in [0, 0.1) is 0 Å². The molecular weight excluding hydrogens is 152 g/mol. The zero-order valence-electron chi connectivity index (χ0n) is 8.05. The monoisotopic (exact) mass is 172 g/mol. The van der Waals surface area contributed by atoms with Gasteiger partial charge < -0.3 is 9.47 Å². The van der Waals surface area contributed by atoms with E-state index in [2.05, 4.69) is 6.92 Å². The third-order valence-electron chi connectivity index (χ3n) is 2.26. The minimum absolute atomic E-state index is 0.385. The van der Waals surface area contributed by atoms with E-state index in [-0.39, 0.29) is 0 Å². The standard InChI is InChI=1S/C10H20O2/c1-2-3-4-5-6-10-9-11-7-8-12-10/h10H,2-9H2,1H3. The molecule has 0 aromatic carbocycles. The first-order chi connectivity index (χ1) is 5.93. The zero-order valence-corrected chi connectivity index (χ0v) is 8.05. The van der Waals surface area contributed by atoms with Crippen molar-refractivity contribution in [2.75, 3.05) is 19.8 Å². The van der Waals surface area contributed by atoms with Crippen LogP contribution >= 0.6 is 0 Å². The molecule has 2 heteroatoms. The van der Waals surface area contributed by atoms with Crippen LogP contribution in [0.5, 0.6) is 0 Å². The number of ether oxygens (including phenoxy) is 2. The second kappa shape index (κ2) is 6.44. The first-order valence-electron chi connectivity index (χ1n) is 5.13. The molecule has 1 atom stereocenters. The highest BCUT2D eigenvalue weighted by molar-refractivity contribution is 4.60. The summed E-state index contributed by atoms with van der Waals surface area (Å²) < 4.78 is 10.8. The lowest BCUT2D eigenvalue weighted by molar-refractivity contribution is -0.0912. The normalized spacial score (nSPS) is 24.2. The molecule has 0 aromatic heterocycles. The molecular formula is C10H20O2. The van der Waals surface area contributed by atoms with Crippen LogP contribution in [0.2, 0.25) is 0 Å². The van der Waals surface area contributed by atoms with Gasteiger partial charge in [0, 0.05) is 0 Å². The molecule has 1 saturated heterocycles. The van der Waals surface area contributed by atoms with Crippen molar-refractivity contribution >= 4 is 0 Å². The van der Waals surface area contributed by atoms with E-state index in [0.29, 0.717) is 6.10 Å². The van der Waals surface area contributed by atoms with Crippen molar-refractivity contribution in [3.63, 3.8) is 0 Å². The van der Waals surface area contributed by atoms with Gasteiger partial charge in [0.25, 0.3) is 0 Å². The molecule has 1 aliphatic rings. The van der Waals surface area contributed by atoms with Crippen molar-refractivity contribution in [3.8, 4) is 0 Å². The quantitative estimate of drug-likeness (QED) is 0.593. The number of rotatable bonds is 5. The molecule has 0 aliphatic carbocycles. The van der Waals surface area contributed by atoms with Crippen LogP contribution in [0.25, 0.3) is 0 Å². The van der Waals surface area contributed by atoms with Crippen molar-refractivity contribution in [1.29, 1.82) is 0 Å². The van der Waals surface area contributed by atoms with Crippen LogP contribution in [0.4, 0.5) is 0 Å². The van der Waals surface area contributed by atoms with Crippen molar-refractivity contribution in [2.24, 2.45) is 0 Å². The summed E-state index contributed by atoms with van der Waals surface area (Å²) in [5.74, 6) is 0. The Kier molecular flexibility index (Phi) is 5.37. The molecule has 1 rings (SSSR count). The summed E-state index contributed by atoms with van der Waals surface area (Å²) in [6, 6.07) is 0. The second-order valence-corrected chi connectivity index (χ2v) is 3.42. The van der Waals surface area contributed by atoms with Gasteiger partial charge in [0.15, 0.2) is 0 Å². The molecule has 0 radical (unpaired) electrons. The van der Waals surface area contributed by atoms with E-state index in [0.717, 1.165) is 19.8 Å². The molecule has 72 valence electrons. The molecule has 0 bridgehead atoms. The van der Waals surface area contributed by atoms with E-state index in [1.165, 1.54) is 32.1 Å². The fraction of sp³-hybridized carbons (Fsp3) is 1.00. The third-order valence-corrected chi connectivity index (χ3v) is 2.26. The Morgan fingerprint density at radius 3 is 2.75 bits per heavy atom. The average Bonchev–Trinajstić information content (AvgIpc) is 2.14. The van der Waals surface area contributed by atoms with Crippen LogP contribution < -0.4 is 0 Å². The van der Waals surface area contributed by atoms with Crippen molar-refractivity contribution in [3.05, 3.63) is 0 Å². The second-order valence-electron chi connectivity index (χ2n) is 3.42. The van der Waals surface area contributed by atoms with Crippen LogP contribution in [0.3, 0.4) is 0 Å². The van der Waals surface area contributed by atoms with E-state index >= 15 is 0 Å². The Morgan fingerprint density at radius 1 is 1.17 bits per heavy atom. The van der Waals surface area contributed by atoms with Crippen molar-refractivity contribution < 1.29 is 9.47 Å². The molecule has 0 N–H and O–H groups in total. The van der Waals surface area contributed by atoms with Gasteiger partial charge in [-0.25, -0.2) is 0 Å². The van der Waals surface area contributed by atoms with Gasteiger partial charge in [-0.15, -0.1) is 0 Å². The highest BCUT2D eigenvalue weighted by Gasteiger charge is 2.12. The molecule has 0 saturated carbocycles. The highest BCUT2D eigenvalue weighted by Crippen LogP contribution is 2.10. The van der Waals surface area contributed by atoms with Crippen LogP contribution in [-0.2, 0) is 9.47 Å². The predicted octanol–water partition coefficient (Wildman–Crippen LogP) is 2.37. The lowest BCUT2D eigenvalue weighted by atomic mass is 10.1. The summed E-state index contributed by atoms with van der Waals surface area (Å²) in [7, 11) is 0. The number of unbranched alkanes of at least 4 members (excludes halogenated alkanes) is 3. The fourth-order valence-corrected chi connectivity index (χ4v) is 1.50. The maximum absolute atomic E-state index is 5.53. The molecule has 0 amide bonds. The molecule has 0 spiro atoms. The lowest BCUT2D eigenvalue weighted by Crippen LogP contribution is -2.28. The summed E-state index contributed by atoms with van der Waals surface area (Å²) >= 11 is 0. The summed E-state index contributed by atoms with van der Waals surface area (Å²) in [6.45, 7) is 4.62. The average molecular weight is 172 g/mol. The lowest BCUT2D eigenvalue weighted by Gasteiger charge is -2.22. The summed E-state index contributed by atoms with van der Waals surface area (Å²) in [4.78, 5) is 0. The Labute approximate surface area is 75.2 Å². The van der Waals surface area contributed by atoms with Crippen LogP contribution in [0.15, 0.2) is 0 Å². The van der Waals surface area contributed by atoms with E-state index in [4.69, 9.17) is 9.47 Å². The molecule has 1 heterocycles. The van der Waals surface area contributed by atoms with E-state index < -0.39 is 0 Å². The molecule has 1 unspecified atom stereocenters. The van der Waals surface area contributed by atoms with E-state index in [9.17, 15) is 0 Å². The van der Waals surface area contributed by atoms with Gasteiger partial charge in [0.05, 0.1) is 25.9 Å². The molecule has 1 aliphatic heterocycles. The third kappa shape index (κ3) is 4.07. The van der Waals surface area contributed by atoms with Gasteiger partial charge in [-0.05, 0) is 6.42 Å². The minimum Gasteiger partial charge on any atom is -0.376 e. The van der Waals surface area contributed by atoms with Gasteiger partial charge in [-0.3, -0.25) is 0 Å². The Bertz CT molecular complexity index is 98.0. The maximum atomic E-state index is 5.53. The minimum atomic E-state index is 0.385. The molecule has 2 nitrogen and oxygen atoms in total. The fourth-order valence-electron chi connectivity index (χ4n) is 1.50. The summed E-state index contributed by atoms with van der Waals surface area (Å²) in [5, 5.41) is 0. The largest absolute Gasteiger partial charge is 0.376 e. The number of hydrogen-bond acceptors (Lipinski definition) is 2. The molecule has 0 aromatic rings. The Balaban J connectivity index is 1.91. The Morgan fingerprint density at radius 2 is 2.08 bits per heavy atom. The van der Waals surface area contributed by atoms with E-state index in [1.807, 2.05) is 0 Å². The Hall–Kier alpha value is -0.0800. The maximum Gasteiger partial charge on any atom is 0.0809 e. The van der Waals surface area contributed by atoms with Crippen LogP contribution in [0.1, 0.15) is 39.0 Å². The van der Waals surface area contributed by atoms with Gasteiger partial charge in [0.2, 0.25) is 0 Å². The number of hydrogen-bond donors (Lipinski definition) is 0. The van der Waals surface area contributed by atoms with E-state index in [1.54, 1.807) is 0 Å². The molecule has 12 heavy (non-hydrogen) atoms. The first kappa shape index (κ1) is 10.0. The van der Waals surface area contributed by atoms with Gasteiger partial charge in [0.1, 0.15) is 0 Å². The topological polar surface area (TPSA) is 18.5 Å². The first-order valence-corrected chi connectivity index (χ1v) is 5.13. The predicted molar refractivity (Wildman–Crippen MR) is 49.3 cm³/mol. The van der Waals surface area contributed by atoms with Crippen molar-refractivity contribution in [2.45, 2.75) is 45.1 Å². The van der Waals surface area contributed by atoms with Crippen LogP contribution in [-0.4, -0.2) is 25.9 Å². The summed E-state index contributed by atoms with van der Waals surface area (Å²) in [6.07, 6.45) is 6.86. The zero-order chi connectivity index (χ0) is 8.65. The van der Waals surface area contributed by atoms with Gasteiger partial charge >= 0.3 is 0 Å². The van der Waals surface area contributed by atoms with Gasteiger partial charge in [-0.1, -0.05) is 32.6 Å². The highest BCUT2D eigenvalue weighted by atomic mass is 16.6.